The van der Waals surface area contributed by atoms with Crippen LogP contribution in [0.1, 0.15) is 53.4 Å². The Bertz CT molecular complexity index is 193. The third kappa shape index (κ3) is 4.84. The number of hydrogen-bond acceptors (Lipinski definition) is 2. The zero-order valence-electron chi connectivity index (χ0n) is 11.8. The molecule has 0 heterocycles. The number of nitrogens with zero attached hydrogens (tertiary/aromatic N) is 1. The Balaban J connectivity index is 2.40. The van der Waals surface area contributed by atoms with Crippen LogP contribution >= 0.6 is 0 Å². The van der Waals surface area contributed by atoms with Crippen LogP contribution in [0.5, 0.6) is 0 Å². The number of hydrogen-bond donors (Lipinski definition) is 1. The van der Waals surface area contributed by atoms with Crippen molar-refractivity contribution in [2.45, 2.75) is 65.5 Å². The normalized spacial score (nSPS) is 27.4. The molecule has 0 radical (unpaired) electrons. The molecule has 1 fully saturated rings. The van der Waals surface area contributed by atoms with Crippen molar-refractivity contribution in [1.29, 1.82) is 0 Å². The Morgan fingerprint density at radius 1 is 1.25 bits per heavy atom. The molecular formula is C14H30N2. The summed E-state index contributed by atoms with van der Waals surface area (Å²) in [5, 5.41) is 3.61. The van der Waals surface area contributed by atoms with Crippen LogP contribution in [-0.2, 0) is 0 Å². The van der Waals surface area contributed by atoms with Crippen molar-refractivity contribution >= 4 is 0 Å². The Morgan fingerprint density at radius 3 is 2.50 bits per heavy atom. The highest BCUT2D eigenvalue weighted by Gasteiger charge is 2.26. The SMILES string of the molecule is CCNC1CCCC(N(C)CC(C)(C)C)C1. The summed E-state index contributed by atoms with van der Waals surface area (Å²) in [4.78, 5) is 2.57. The highest BCUT2D eigenvalue weighted by atomic mass is 15.1. The highest BCUT2D eigenvalue weighted by molar-refractivity contribution is 4.84. The predicted octanol–water partition coefficient (Wildman–Crippen LogP) is 2.89. The van der Waals surface area contributed by atoms with E-state index >= 15 is 0 Å². The lowest BCUT2D eigenvalue weighted by atomic mass is 9.88. The van der Waals surface area contributed by atoms with Gasteiger partial charge in [0.05, 0.1) is 0 Å². The molecule has 0 aromatic carbocycles. The fraction of sp³-hybridized carbons (Fsp3) is 1.00. The molecule has 1 aliphatic rings. The molecule has 0 aliphatic heterocycles. The monoisotopic (exact) mass is 226 g/mol. The third-order valence-electron chi connectivity index (χ3n) is 3.49. The van der Waals surface area contributed by atoms with E-state index in [1.165, 1.54) is 32.2 Å². The second kappa shape index (κ2) is 6.02. The minimum atomic E-state index is 0.417. The van der Waals surface area contributed by atoms with Crippen LogP contribution in [0.25, 0.3) is 0 Å². The molecule has 2 nitrogen and oxygen atoms in total. The van der Waals surface area contributed by atoms with Gasteiger partial charge in [0.2, 0.25) is 0 Å². The largest absolute Gasteiger partial charge is 0.314 e. The van der Waals surface area contributed by atoms with E-state index in [0.717, 1.165) is 18.6 Å². The lowest BCUT2D eigenvalue weighted by Crippen LogP contribution is -2.45. The van der Waals surface area contributed by atoms with Gasteiger partial charge in [-0.05, 0) is 38.3 Å². The van der Waals surface area contributed by atoms with E-state index in [1.807, 2.05) is 0 Å². The summed E-state index contributed by atoms with van der Waals surface area (Å²) >= 11 is 0. The molecule has 2 heteroatoms. The molecule has 1 rings (SSSR count). The van der Waals surface area contributed by atoms with E-state index in [-0.39, 0.29) is 0 Å². The van der Waals surface area contributed by atoms with Gasteiger partial charge in [0.15, 0.2) is 0 Å². The predicted molar refractivity (Wildman–Crippen MR) is 71.8 cm³/mol. The van der Waals surface area contributed by atoms with Gasteiger partial charge in [0.25, 0.3) is 0 Å². The molecule has 0 aromatic heterocycles. The molecule has 1 aliphatic carbocycles. The van der Waals surface area contributed by atoms with Crippen LogP contribution in [0.2, 0.25) is 0 Å². The van der Waals surface area contributed by atoms with Crippen molar-refractivity contribution in [2.24, 2.45) is 5.41 Å². The van der Waals surface area contributed by atoms with E-state index in [0.29, 0.717) is 5.41 Å². The quantitative estimate of drug-likeness (QED) is 0.793. The first-order chi connectivity index (χ1) is 7.42. The molecule has 96 valence electrons. The van der Waals surface area contributed by atoms with Gasteiger partial charge in [-0.25, -0.2) is 0 Å². The van der Waals surface area contributed by atoms with E-state index in [2.05, 4.69) is 45.0 Å². The fourth-order valence-electron chi connectivity index (χ4n) is 2.92. The Kier molecular flexibility index (Phi) is 5.26. The first-order valence-corrected chi connectivity index (χ1v) is 6.86. The maximum atomic E-state index is 3.61. The zero-order valence-corrected chi connectivity index (χ0v) is 11.8. The standard InChI is InChI=1S/C14H30N2/c1-6-15-12-8-7-9-13(10-12)16(5)11-14(2,3)4/h12-13,15H,6-11H2,1-5H3. The van der Waals surface area contributed by atoms with Gasteiger partial charge in [0, 0.05) is 18.6 Å². The van der Waals surface area contributed by atoms with E-state index in [1.54, 1.807) is 0 Å². The second-order valence-corrected chi connectivity index (χ2v) is 6.55. The molecule has 1 saturated carbocycles. The van der Waals surface area contributed by atoms with E-state index in [4.69, 9.17) is 0 Å². The van der Waals surface area contributed by atoms with Crippen LogP contribution in [0.3, 0.4) is 0 Å². The second-order valence-electron chi connectivity index (χ2n) is 6.55. The van der Waals surface area contributed by atoms with Crippen molar-refractivity contribution in [3.63, 3.8) is 0 Å². The lowest BCUT2D eigenvalue weighted by Gasteiger charge is -2.38. The van der Waals surface area contributed by atoms with Gasteiger partial charge in [-0.2, -0.15) is 0 Å². The molecule has 16 heavy (non-hydrogen) atoms. The van der Waals surface area contributed by atoms with Crippen molar-refractivity contribution < 1.29 is 0 Å². The topological polar surface area (TPSA) is 15.3 Å². The van der Waals surface area contributed by atoms with Crippen LogP contribution in [-0.4, -0.2) is 37.1 Å². The fourth-order valence-corrected chi connectivity index (χ4v) is 2.92. The van der Waals surface area contributed by atoms with Gasteiger partial charge in [-0.15, -0.1) is 0 Å². The maximum absolute atomic E-state index is 3.61. The molecule has 0 saturated heterocycles. The number of nitrogens with one attached hydrogen (secondary N) is 1. The molecule has 0 bridgehead atoms. The first kappa shape index (κ1) is 14.0. The molecule has 2 unspecified atom stereocenters. The smallest absolute Gasteiger partial charge is 0.0107 e. The summed E-state index contributed by atoms with van der Waals surface area (Å²) in [6.07, 6.45) is 5.47. The number of rotatable bonds is 4. The minimum Gasteiger partial charge on any atom is -0.314 e. The molecule has 0 aromatic rings. The first-order valence-electron chi connectivity index (χ1n) is 6.86. The van der Waals surface area contributed by atoms with Crippen molar-refractivity contribution in [1.82, 2.24) is 10.2 Å². The Labute approximate surface area is 102 Å². The zero-order chi connectivity index (χ0) is 12.2. The van der Waals surface area contributed by atoms with Crippen LogP contribution in [0.15, 0.2) is 0 Å². The van der Waals surface area contributed by atoms with E-state index < -0.39 is 0 Å². The summed E-state index contributed by atoms with van der Waals surface area (Å²) in [5.74, 6) is 0. The van der Waals surface area contributed by atoms with Gasteiger partial charge >= 0.3 is 0 Å². The van der Waals surface area contributed by atoms with Gasteiger partial charge in [-0.1, -0.05) is 34.1 Å². The molecule has 0 spiro atoms. The van der Waals surface area contributed by atoms with Gasteiger partial charge in [-0.3, -0.25) is 0 Å². The summed E-state index contributed by atoms with van der Waals surface area (Å²) in [7, 11) is 2.30. The lowest BCUT2D eigenvalue weighted by molar-refractivity contribution is 0.128. The van der Waals surface area contributed by atoms with Gasteiger partial charge in [0.1, 0.15) is 0 Å². The molecule has 1 N–H and O–H groups in total. The summed E-state index contributed by atoms with van der Waals surface area (Å²) in [5.41, 5.74) is 0.417. The average molecular weight is 226 g/mol. The van der Waals surface area contributed by atoms with Crippen molar-refractivity contribution in [2.75, 3.05) is 20.1 Å². The highest BCUT2D eigenvalue weighted by Crippen LogP contribution is 2.25. The van der Waals surface area contributed by atoms with Crippen molar-refractivity contribution in [3.8, 4) is 0 Å². The van der Waals surface area contributed by atoms with Gasteiger partial charge < -0.3 is 10.2 Å². The minimum absolute atomic E-state index is 0.417. The Morgan fingerprint density at radius 2 is 1.94 bits per heavy atom. The van der Waals surface area contributed by atoms with E-state index in [9.17, 15) is 0 Å². The van der Waals surface area contributed by atoms with Crippen LogP contribution < -0.4 is 5.32 Å². The maximum Gasteiger partial charge on any atom is 0.0107 e. The van der Waals surface area contributed by atoms with Crippen LogP contribution in [0.4, 0.5) is 0 Å². The molecule has 0 amide bonds. The molecular weight excluding hydrogens is 196 g/mol. The van der Waals surface area contributed by atoms with Crippen LogP contribution in [0, 0.1) is 5.41 Å². The summed E-state index contributed by atoms with van der Waals surface area (Å²) in [6, 6.07) is 1.54. The summed E-state index contributed by atoms with van der Waals surface area (Å²) in [6.45, 7) is 11.5. The Hall–Kier alpha value is -0.0800. The average Bonchev–Trinajstić information content (AvgIpc) is 2.16. The summed E-state index contributed by atoms with van der Waals surface area (Å²) < 4.78 is 0. The van der Waals surface area contributed by atoms with Crippen molar-refractivity contribution in [3.05, 3.63) is 0 Å². The third-order valence-corrected chi connectivity index (χ3v) is 3.49. The molecule has 2 atom stereocenters.